The maximum atomic E-state index is 10.6. The first kappa shape index (κ1) is 13.4. The monoisotopic (exact) mass is 276 g/mol. The van der Waals surface area contributed by atoms with E-state index in [4.69, 9.17) is 21.4 Å². The van der Waals surface area contributed by atoms with Crippen LogP contribution in [0, 0.1) is 0 Å². The predicted octanol–water partition coefficient (Wildman–Crippen LogP) is 3.56. The molecule has 0 heterocycles. The molecule has 0 spiro atoms. The standard InChI is InChI=1S/C15H13ClO3/c16-10-19-14-7-5-13(6-8-14)12-3-1-11(2-4-12)9-15(17)18/h1-8H,9-10H2,(H,17,18). The molecule has 0 unspecified atom stereocenters. The van der Waals surface area contributed by atoms with E-state index < -0.39 is 5.97 Å². The first-order valence-electron chi connectivity index (χ1n) is 5.79. The number of hydrogen-bond donors (Lipinski definition) is 1. The Morgan fingerprint density at radius 1 is 1.00 bits per heavy atom. The number of halogens is 1. The van der Waals surface area contributed by atoms with Gasteiger partial charge in [-0.25, -0.2) is 0 Å². The molecule has 2 aromatic rings. The summed E-state index contributed by atoms with van der Waals surface area (Å²) in [4.78, 5) is 10.6. The molecule has 2 aromatic carbocycles. The highest BCUT2D eigenvalue weighted by Gasteiger charge is 2.02. The third kappa shape index (κ3) is 3.73. The van der Waals surface area contributed by atoms with Crippen molar-refractivity contribution in [1.82, 2.24) is 0 Å². The van der Waals surface area contributed by atoms with Crippen molar-refractivity contribution in [2.45, 2.75) is 6.42 Å². The quantitative estimate of drug-likeness (QED) is 0.850. The Morgan fingerprint density at radius 3 is 2.00 bits per heavy atom. The second-order valence-corrected chi connectivity index (χ2v) is 4.26. The summed E-state index contributed by atoms with van der Waals surface area (Å²) in [6.07, 6.45) is 0.0444. The van der Waals surface area contributed by atoms with Gasteiger partial charge in [-0.15, -0.1) is 0 Å². The van der Waals surface area contributed by atoms with Crippen molar-refractivity contribution in [3.63, 3.8) is 0 Å². The highest BCUT2D eigenvalue weighted by atomic mass is 35.5. The van der Waals surface area contributed by atoms with Crippen molar-refractivity contribution >= 4 is 17.6 Å². The van der Waals surface area contributed by atoms with Gasteiger partial charge < -0.3 is 9.84 Å². The van der Waals surface area contributed by atoms with Gasteiger partial charge in [0, 0.05) is 0 Å². The summed E-state index contributed by atoms with van der Waals surface area (Å²) in [5.41, 5.74) is 2.87. The maximum Gasteiger partial charge on any atom is 0.307 e. The zero-order valence-corrected chi connectivity index (χ0v) is 10.9. The Hall–Kier alpha value is -2.00. The average Bonchev–Trinajstić information content (AvgIpc) is 2.40. The van der Waals surface area contributed by atoms with Crippen LogP contribution >= 0.6 is 11.6 Å². The molecule has 0 saturated carbocycles. The minimum Gasteiger partial charge on any atom is -0.481 e. The van der Waals surface area contributed by atoms with Crippen LogP contribution in [0.1, 0.15) is 5.56 Å². The third-order valence-corrected chi connectivity index (χ3v) is 2.83. The van der Waals surface area contributed by atoms with Crippen LogP contribution < -0.4 is 4.74 Å². The van der Waals surface area contributed by atoms with Crippen LogP contribution in [0.5, 0.6) is 5.75 Å². The number of carboxylic acid groups (broad SMARTS) is 1. The molecule has 0 bridgehead atoms. The van der Waals surface area contributed by atoms with E-state index in [2.05, 4.69) is 0 Å². The minimum absolute atomic E-state index is 0.0444. The molecule has 0 aliphatic carbocycles. The van der Waals surface area contributed by atoms with Crippen LogP contribution in [-0.2, 0) is 11.2 Å². The Balaban J connectivity index is 2.15. The van der Waals surface area contributed by atoms with E-state index in [1.807, 2.05) is 48.5 Å². The summed E-state index contributed by atoms with van der Waals surface area (Å²) in [5.74, 6) is -0.100. The zero-order chi connectivity index (χ0) is 13.7. The number of rotatable bonds is 5. The molecule has 0 atom stereocenters. The van der Waals surface area contributed by atoms with Gasteiger partial charge in [-0.3, -0.25) is 4.79 Å². The van der Waals surface area contributed by atoms with E-state index in [0.29, 0.717) is 0 Å². The average molecular weight is 277 g/mol. The molecule has 0 aromatic heterocycles. The van der Waals surface area contributed by atoms with Crippen LogP contribution in [-0.4, -0.2) is 17.1 Å². The SMILES string of the molecule is O=C(O)Cc1ccc(-c2ccc(OCCl)cc2)cc1. The number of alkyl halides is 1. The van der Waals surface area contributed by atoms with Crippen LogP contribution in [0.15, 0.2) is 48.5 Å². The molecule has 19 heavy (non-hydrogen) atoms. The second-order valence-electron chi connectivity index (χ2n) is 4.05. The lowest BCUT2D eigenvalue weighted by atomic mass is 10.0. The van der Waals surface area contributed by atoms with E-state index >= 15 is 0 Å². The lowest BCUT2D eigenvalue weighted by molar-refractivity contribution is -0.136. The van der Waals surface area contributed by atoms with Crippen LogP contribution in [0.4, 0.5) is 0 Å². The zero-order valence-electron chi connectivity index (χ0n) is 10.2. The lowest BCUT2D eigenvalue weighted by Gasteiger charge is -2.05. The van der Waals surface area contributed by atoms with Crippen molar-refractivity contribution in [2.24, 2.45) is 0 Å². The van der Waals surface area contributed by atoms with Gasteiger partial charge in [-0.2, -0.15) is 0 Å². The molecule has 0 amide bonds. The molecule has 2 rings (SSSR count). The van der Waals surface area contributed by atoms with E-state index in [1.165, 1.54) is 0 Å². The number of carboxylic acids is 1. The van der Waals surface area contributed by atoms with Gasteiger partial charge in [0.2, 0.25) is 0 Å². The fourth-order valence-corrected chi connectivity index (χ4v) is 1.92. The Labute approximate surface area is 116 Å². The van der Waals surface area contributed by atoms with Gasteiger partial charge in [0.15, 0.2) is 6.07 Å². The topological polar surface area (TPSA) is 46.5 Å². The van der Waals surface area contributed by atoms with Gasteiger partial charge in [0.1, 0.15) is 5.75 Å². The normalized spacial score (nSPS) is 10.2. The number of ether oxygens (including phenoxy) is 1. The highest BCUT2D eigenvalue weighted by molar-refractivity contribution is 6.17. The largest absolute Gasteiger partial charge is 0.481 e. The van der Waals surface area contributed by atoms with Crippen LogP contribution in [0.25, 0.3) is 11.1 Å². The first-order valence-corrected chi connectivity index (χ1v) is 6.32. The summed E-state index contributed by atoms with van der Waals surface area (Å²) >= 11 is 5.48. The number of hydrogen-bond acceptors (Lipinski definition) is 2. The molecule has 0 saturated heterocycles. The maximum absolute atomic E-state index is 10.6. The van der Waals surface area contributed by atoms with Gasteiger partial charge in [0.05, 0.1) is 6.42 Å². The van der Waals surface area contributed by atoms with Crippen molar-refractivity contribution in [2.75, 3.05) is 6.07 Å². The lowest BCUT2D eigenvalue weighted by Crippen LogP contribution is -1.99. The Bertz CT molecular complexity index is 547. The third-order valence-electron chi connectivity index (χ3n) is 2.72. The highest BCUT2D eigenvalue weighted by Crippen LogP contribution is 2.23. The molecule has 0 fully saturated rings. The van der Waals surface area contributed by atoms with Gasteiger partial charge >= 0.3 is 5.97 Å². The molecule has 98 valence electrons. The van der Waals surface area contributed by atoms with E-state index in [1.54, 1.807) is 0 Å². The summed E-state index contributed by atoms with van der Waals surface area (Å²) in [5, 5.41) is 8.71. The van der Waals surface area contributed by atoms with Gasteiger partial charge in [0.25, 0.3) is 0 Å². The van der Waals surface area contributed by atoms with Crippen LogP contribution in [0.3, 0.4) is 0 Å². The van der Waals surface area contributed by atoms with E-state index in [0.717, 1.165) is 22.4 Å². The Morgan fingerprint density at radius 2 is 1.53 bits per heavy atom. The minimum atomic E-state index is -0.824. The second kappa shape index (κ2) is 6.25. The summed E-state index contributed by atoms with van der Waals surface area (Å²) < 4.78 is 5.16. The van der Waals surface area contributed by atoms with Crippen molar-refractivity contribution in [3.8, 4) is 16.9 Å². The fraction of sp³-hybridized carbons (Fsp3) is 0.133. The molecule has 3 nitrogen and oxygen atoms in total. The summed E-state index contributed by atoms with van der Waals surface area (Å²) in [6, 6.07) is 15.2. The molecule has 4 heteroatoms. The molecular formula is C15H13ClO3. The molecule has 0 aliphatic rings. The van der Waals surface area contributed by atoms with Crippen LogP contribution in [0.2, 0.25) is 0 Å². The smallest absolute Gasteiger partial charge is 0.307 e. The summed E-state index contributed by atoms with van der Waals surface area (Å²) in [6.45, 7) is 0. The van der Waals surface area contributed by atoms with Gasteiger partial charge in [-0.1, -0.05) is 48.0 Å². The first-order chi connectivity index (χ1) is 9.19. The molecule has 0 aliphatic heterocycles. The molecule has 0 radical (unpaired) electrons. The number of aliphatic carboxylic acids is 1. The Kier molecular flexibility index (Phi) is 4.42. The molecule has 1 N–H and O–H groups in total. The number of carbonyl (C=O) groups is 1. The summed E-state index contributed by atoms with van der Waals surface area (Å²) in [7, 11) is 0. The van der Waals surface area contributed by atoms with Crippen molar-refractivity contribution in [3.05, 3.63) is 54.1 Å². The van der Waals surface area contributed by atoms with E-state index in [9.17, 15) is 4.79 Å². The fourth-order valence-electron chi connectivity index (χ4n) is 1.80. The molecular weight excluding hydrogens is 264 g/mol. The predicted molar refractivity (Wildman–Crippen MR) is 74.6 cm³/mol. The van der Waals surface area contributed by atoms with Crippen molar-refractivity contribution in [1.29, 1.82) is 0 Å². The number of benzene rings is 2. The van der Waals surface area contributed by atoms with E-state index in [-0.39, 0.29) is 12.5 Å². The van der Waals surface area contributed by atoms with Gasteiger partial charge in [-0.05, 0) is 28.8 Å². The van der Waals surface area contributed by atoms with Crippen molar-refractivity contribution < 1.29 is 14.6 Å².